The standard InChI is InChI=1S/C27H24BrNO3/c1-18(13-27(30)29-12-11-19-7-4-3-5-8-19)22-15-23-24(20-9-6-10-21(28)14-20)17-32-26(23)16-25(22)31-2/h3-10,13-17H,11-12H2,1-2H3,(H,29,30)/b18-13+. The van der Waals surface area contributed by atoms with Crippen molar-refractivity contribution in [3.05, 3.63) is 94.7 Å². The quantitative estimate of drug-likeness (QED) is 0.296. The molecule has 5 heteroatoms. The first-order valence-corrected chi connectivity index (χ1v) is 11.2. The maximum atomic E-state index is 12.5. The first-order valence-electron chi connectivity index (χ1n) is 10.4. The van der Waals surface area contributed by atoms with Gasteiger partial charge >= 0.3 is 0 Å². The summed E-state index contributed by atoms with van der Waals surface area (Å²) in [6.07, 6.45) is 4.16. The first-order chi connectivity index (χ1) is 15.5. The van der Waals surface area contributed by atoms with Gasteiger partial charge in [-0.15, -0.1) is 0 Å². The van der Waals surface area contributed by atoms with E-state index in [-0.39, 0.29) is 5.91 Å². The number of furan rings is 1. The number of amides is 1. The highest BCUT2D eigenvalue weighted by atomic mass is 79.9. The van der Waals surface area contributed by atoms with Crippen molar-refractivity contribution in [1.29, 1.82) is 0 Å². The van der Waals surface area contributed by atoms with Gasteiger partial charge in [0.05, 0.1) is 13.4 Å². The Morgan fingerprint density at radius 3 is 2.66 bits per heavy atom. The summed E-state index contributed by atoms with van der Waals surface area (Å²) >= 11 is 3.53. The van der Waals surface area contributed by atoms with Gasteiger partial charge in [0.15, 0.2) is 0 Å². The monoisotopic (exact) mass is 489 g/mol. The number of fused-ring (bicyclic) bond motifs is 1. The predicted molar refractivity (Wildman–Crippen MR) is 133 cm³/mol. The second-order valence-corrected chi connectivity index (χ2v) is 8.48. The number of carbonyl (C=O) groups excluding carboxylic acids is 1. The highest BCUT2D eigenvalue weighted by molar-refractivity contribution is 9.10. The molecule has 4 nitrogen and oxygen atoms in total. The molecule has 0 spiro atoms. The molecule has 4 rings (SSSR count). The number of halogens is 1. The lowest BCUT2D eigenvalue weighted by atomic mass is 9.99. The average Bonchev–Trinajstić information content (AvgIpc) is 3.21. The van der Waals surface area contributed by atoms with Gasteiger partial charge in [0.1, 0.15) is 11.3 Å². The van der Waals surface area contributed by atoms with Gasteiger partial charge < -0.3 is 14.5 Å². The second kappa shape index (κ2) is 9.88. The topological polar surface area (TPSA) is 51.5 Å². The fourth-order valence-corrected chi connectivity index (χ4v) is 4.11. The summed E-state index contributed by atoms with van der Waals surface area (Å²) in [5.74, 6) is 0.540. The molecule has 0 saturated carbocycles. The van der Waals surface area contributed by atoms with Gasteiger partial charge in [0.2, 0.25) is 5.91 Å². The third kappa shape index (κ3) is 4.94. The van der Waals surface area contributed by atoms with Gasteiger partial charge in [-0.1, -0.05) is 58.4 Å². The molecular weight excluding hydrogens is 466 g/mol. The zero-order valence-corrected chi connectivity index (χ0v) is 19.6. The molecule has 32 heavy (non-hydrogen) atoms. The first kappa shape index (κ1) is 21.9. The molecule has 1 N–H and O–H groups in total. The fraction of sp³-hybridized carbons (Fsp3) is 0.148. The molecule has 0 radical (unpaired) electrons. The van der Waals surface area contributed by atoms with E-state index in [2.05, 4.69) is 39.4 Å². The van der Waals surface area contributed by atoms with Crippen LogP contribution in [0.5, 0.6) is 5.75 Å². The molecule has 0 fully saturated rings. The Kier molecular flexibility index (Phi) is 6.76. The molecule has 0 aliphatic heterocycles. The molecule has 0 saturated heterocycles. The van der Waals surface area contributed by atoms with Gasteiger partial charge in [0.25, 0.3) is 0 Å². The lowest BCUT2D eigenvalue weighted by Gasteiger charge is -2.10. The van der Waals surface area contributed by atoms with Crippen molar-refractivity contribution < 1.29 is 13.9 Å². The van der Waals surface area contributed by atoms with E-state index in [4.69, 9.17) is 9.15 Å². The minimum atomic E-state index is -0.125. The number of hydrogen-bond acceptors (Lipinski definition) is 3. The normalized spacial score (nSPS) is 11.5. The van der Waals surface area contributed by atoms with Crippen LogP contribution in [0.3, 0.4) is 0 Å². The van der Waals surface area contributed by atoms with Gasteiger partial charge in [-0.2, -0.15) is 0 Å². The molecule has 1 aromatic heterocycles. The van der Waals surface area contributed by atoms with Crippen molar-refractivity contribution in [1.82, 2.24) is 5.32 Å². The average molecular weight is 490 g/mol. The molecule has 0 unspecified atom stereocenters. The summed E-state index contributed by atoms with van der Waals surface area (Å²) in [6, 6.07) is 22.1. The molecular formula is C27H24BrNO3. The summed E-state index contributed by atoms with van der Waals surface area (Å²) in [5.41, 5.74) is 5.65. The number of carbonyl (C=O) groups is 1. The number of allylic oxidation sites excluding steroid dienone is 1. The zero-order chi connectivity index (χ0) is 22.5. The zero-order valence-electron chi connectivity index (χ0n) is 18.0. The predicted octanol–water partition coefficient (Wildman–Crippen LogP) is 6.63. The maximum Gasteiger partial charge on any atom is 0.244 e. The van der Waals surface area contributed by atoms with E-state index in [0.717, 1.165) is 44.1 Å². The van der Waals surface area contributed by atoms with Crippen molar-refractivity contribution >= 4 is 38.4 Å². The van der Waals surface area contributed by atoms with Crippen LogP contribution in [0.1, 0.15) is 18.1 Å². The summed E-state index contributed by atoms with van der Waals surface area (Å²) in [6.45, 7) is 2.50. The summed E-state index contributed by atoms with van der Waals surface area (Å²) in [5, 5.41) is 3.93. The highest BCUT2D eigenvalue weighted by Gasteiger charge is 2.15. The Bertz CT molecular complexity index is 1270. The van der Waals surface area contributed by atoms with E-state index >= 15 is 0 Å². The molecule has 4 aromatic rings. The van der Waals surface area contributed by atoms with Gasteiger partial charge in [0, 0.05) is 39.7 Å². The second-order valence-electron chi connectivity index (χ2n) is 7.56. The molecule has 0 bridgehead atoms. The molecule has 0 aliphatic carbocycles. The van der Waals surface area contributed by atoms with Crippen LogP contribution in [0.15, 0.2) is 88.0 Å². The number of nitrogens with one attached hydrogen (secondary N) is 1. The Morgan fingerprint density at radius 2 is 1.91 bits per heavy atom. The van der Waals surface area contributed by atoms with Crippen LogP contribution in [0, 0.1) is 0 Å². The van der Waals surface area contributed by atoms with Crippen LogP contribution < -0.4 is 10.1 Å². The number of ether oxygens (including phenoxy) is 1. The van der Waals surface area contributed by atoms with Gasteiger partial charge in [-0.3, -0.25) is 4.79 Å². The van der Waals surface area contributed by atoms with Crippen molar-refractivity contribution in [2.45, 2.75) is 13.3 Å². The Labute approximate surface area is 196 Å². The Balaban J connectivity index is 1.59. The Morgan fingerprint density at radius 1 is 1.09 bits per heavy atom. The molecule has 1 amide bonds. The van der Waals surface area contributed by atoms with Gasteiger partial charge in [-0.05, 0) is 48.2 Å². The van der Waals surface area contributed by atoms with E-state index in [1.165, 1.54) is 5.56 Å². The lowest BCUT2D eigenvalue weighted by Crippen LogP contribution is -2.23. The highest BCUT2D eigenvalue weighted by Crippen LogP contribution is 2.37. The summed E-state index contributed by atoms with van der Waals surface area (Å²) in [4.78, 5) is 12.5. The van der Waals surface area contributed by atoms with Crippen LogP contribution >= 0.6 is 15.9 Å². The van der Waals surface area contributed by atoms with Crippen molar-refractivity contribution in [2.75, 3.05) is 13.7 Å². The molecule has 0 aliphatic rings. The third-order valence-electron chi connectivity index (χ3n) is 5.36. The molecule has 1 heterocycles. The van der Waals surface area contributed by atoms with Crippen LogP contribution in [0.4, 0.5) is 0 Å². The smallest absolute Gasteiger partial charge is 0.244 e. The third-order valence-corrected chi connectivity index (χ3v) is 5.85. The van der Waals surface area contributed by atoms with Crippen molar-refractivity contribution in [2.24, 2.45) is 0 Å². The molecule has 162 valence electrons. The number of methoxy groups -OCH3 is 1. The largest absolute Gasteiger partial charge is 0.496 e. The number of benzene rings is 3. The van der Waals surface area contributed by atoms with Crippen LogP contribution in [-0.4, -0.2) is 19.6 Å². The summed E-state index contributed by atoms with van der Waals surface area (Å²) in [7, 11) is 1.62. The molecule has 0 atom stereocenters. The van der Waals surface area contributed by atoms with Crippen molar-refractivity contribution in [3.63, 3.8) is 0 Å². The number of rotatable bonds is 7. The van der Waals surface area contributed by atoms with Crippen LogP contribution in [0.25, 0.3) is 27.7 Å². The van der Waals surface area contributed by atoms with Crippen LogP contribution in [-0.2, 0) is 11.2 Å². The van der Waals surface area contributed by atoms with E-state index in [1.807, 2.05) is 55.5 Å². The van der Waals surface area contributed by atoms with E-state index < -0.39 is 0 Å². The Hall–Kier alpha value is -3.31. The molecule has 3 aromatic carbocycles. The minimum absolute atomic E-state index is 0.125. The minimum Gasteiger partial charge on any atom is -0.496 e. The number of hydrogen-bond donors (Lipinski definition) is 1. The lowest BCUT2D eigenvalue weighted by molar-refractivity contribution is -0.116. The van der Waals surface area contributed by atoms with E-state index in [9.17, 15) is 4.79 Å². The maximum absolute atomic E-state index is 12.5. The van der Waals surface area contributed by atoms with Gasteiger partial charge in [-0.25, -0.2) is 0 Å². The summed E-state index contributed by atoms with van der Waals surface area (Å²) < 4.78 is 12.4. The van der Waals surface area contributed by atoms with Crippen molar-refractivity contribution in [3.8, 4) is 16.9 Å². The van der Waals surface area contributed by atoms with Crippen LogP contribution in [0.2, 0.25) is 0 Å². The SMILES string of the molecule is COc1cc2occ(-c3cccc(Br)c3)c2cc1/C(C)=C/C(=O)NCCc1ccccc1. The van der Waals surface area contributed by atoms with E-state index in [0.29, 0.717) is 12.3 Å². The van der Waals surface area contributed by atoms with E-state index in [1.54, 1.807) is 19.4 Å². The fourth-order valence-electron chi connectivity index (χ4n) is 3.71.